The summed E-state index contributed by atoms with van der Waals surface area (Å²) in [5, 5.41) is 13.8. The van der Waals surface area contributed by atoms with E-state index in [9.17, 15) is 19.7 Å². The molecule has 0 bridgehead atoms. The van der Waals surface area contributed by atoms with E-state index in [1.54, 1.807) is 12.1 Å². The van der Waals surface area contributed by atoms with Crippen LogP contribution in [-0.2, 0) is 11.3 Å². The van der Waals surface area contributed by atoms with Gasteiger partial charge in [0.2, 0.25) is 0 Å². The van der Waals surface area contributed by atoms with Gasteiger partial charge in [0.05, 0.1) is 16.5 Å². The Labute approximate surface area is 192 Å². The van der Waals surface area contributed by atoms with E-state index in [2.05, 4.69) is 5.32 Å². The molecule has 1 N–H and O–H groups in total. The molecule has 0 saturated carbocycles. The fourth-order valence-electron chi connectivity index (χ4n) is 3.29. The summed E-state index contributed by atoms with van der Waals surface area (Å²) in [7, 11) is 0. The van der Waals surface area contributed by atoms with Gasteiger partial charge in [-0.1, -0.05) is 53.0 Å². The molecule has 0 aliphatic carbocycles. The van der Waals surface area contributed by atoms with E-state index in [0.29, 0.717) is 0 Å². The van der Waals surface area contributed by atoms with Gasteiger partial charge in [0.15, 0.2) is 0 Å². The summed E-state index contributed by atoms with van der Waals surface area (Å²) in [4.78, 5) is 36.7. The Morgan fingerprint density at radius 2 is 1.91 bits per heavy atom. The molecule has 162 valence electrons. The molecule has 2 heterocycles. The van der Waals surface area contributed by atoms with Gasteiger partial charge in [-0.3, -0.25) is 19.8 Å². The Morgan fingerprint density at radius 3 is 2.62 bits per heavy atom. The number of benzene rings is 2. The molecule has 0 atom stereocenters. The fraction of sp³-hybridized carbons (Fsp3) is 0.0909. The summed E-state index contributed by atoms with van der Waals surface area (Å²) in [6.07, 6.45) is 1.39. The van der Waals surface area contributed by atoms with Crippen LogP contribution in [-0.4, -0.2) is 21.8 Å². The molecule has 1 fully saturated rings. The standard InChI is InChI=1S/C22H15Cl2N3O5/c1-12-3-2-4-13(7-12)11-26-21(28)18(25-22(26)29)8-14-5-6-20(32-14)15-9-19(27(30)31)17(24)10-16(15)23/h2-10H,11H2,1H3,(H,25,29)/b18-8+. The largest absolute Gasteiger partial charge is 0.457 e. The molecule has 4 rings (SSSR count). The number of nitrogens with zero attached hydrogens (tertiary/aromatic N) is 2. The smallest absolute Gasteiger partial charge is 0.329 e. The second-order valence-electron chi connectivity index (χ2n) is 7.11. The number of nitrogens with one attached hydrogen (secondary N) is 1. The van der Waals surface area contributed by atoms with Crippen LogP contribution in [0.3, 0.4) is 0 Å². The lowest BCUT2D eigenvalue weighted by Gasteiger charge is -2.12. The molecule has 1 aliphatic heterocycles. The first kappa shape index (κ1) is 21.6. The Bertz CT molecular complexity index is 1300. The van der Waals surface area contributed by atoms with Gasteiger partial charge in [-0.15, -0.1) is 0 Å². The van der Waals surface area contributed by atoms with Crippen LogP contribution >= 0.6 is 23.2 Å². The third kappa shape index (κ3) is 4.23. The summed E-state index contributed by atoms with van der Waals surface area (Å²) >= 11 is 12.0. The van der Waals surface area contributed by atoms with Crippen LogP contribution < -0.4 is 5.32 Å². The maximum atomic E-state index is 12.7. The highest BCUT2D eigenvalue weighted by atomic mass is 35.5. The average Bonchev–Trinajstić information content (AvgIpc) is 3.28. The van der Waals surface area contributed by atoms with Crippen molar-refractivity contribution in [3.05, 3.63) is 91.3 Å². The number of hydrogen-bond acceptors (Lipinski definition) is 5. The van der Waals surface area contributed by atoms with Gasteiger partial charge in [0.1, 0.15) is 22.2 Å². The Hall–Kier alpha value is -3.62. The van der Waals surface area contributed by atoms with Crippen molar-refractivity contribution < 1.29 is 18.9 Å². The normalized spacial score (nSPS) is 14.8. The first-order valence-corrected chi connectivity index (χ1v) is 10.1. The molecule has 10 heteroatoms. The molecule has 0 radical (unpaired) electrons. The van der Waals surface area contributed by atoms with Gasteiger partial charge in [-0.05, 0) is 30.7 Å². The zero-order valence-corrected chi connectivity index (χ0v) is 18.1. The number of amides is 3. The second-order valence-corrected chi connectivity index (χ2v) is 7.93. The number of rotatable bonds is 5. The highest BCUT2D eigenvalue weighted by Crippen LogP contribution is 2.37. The summed E-state index contributed by atoms with van der Waals surface area (Å²) in [6.45, 7) is 2.06. The van der Waals surface area contributed by atoms with Crippen molar-refractivity contribution >= 4 is 46.9 Å². The number of hydrogen-bond donors (Lipinski definition) is 1. The number of furan rings is 1. The summed E-state index contributed by atoms with van der Waals surface area (Å²) < 4.78 is 5.69. The van der Waals surface area contributed by atoms with Crippen LogP contribution in [0.2, 0.25) is 10.0 Å². The molecule has 0 unspecified atom stereocenters. The van der Waals surface area contributed by atoms with Gasteiger partial charge < -0.3 is 9.73 Å². The maximum Gasteiger partial charge on any atom is 0.329 e. The van der Waals surface area contributed by atoms with E-state index in [0.717, 1.165) is 16.0 Å². The van der Waals surface area contributed by atoms with Crippen LogP contribution in [0.4, 0.5) is 10.5 Å². The Balaban J connectivity index is 1.59. The van der Waals surface area contributed by atoms with Crippen molar-refractivity contribution in [3.63, 3.8) is 0 Å². The second kappa shape index (κ2) is 8.49. The summed E-state index contributed by atoms with van der Waals surface area (Å²) in [5.74, 6) is 0.0133. The van der Waals surface area contributed by atoms with E-state index in [4.69, 9.17) is 27.6 Å². The molecular formula is C22H15Cl2N3O5. The first-order valence-electron chi connectivity index (χ1n) is 9.36. The van der Waals surface area contributed by atoms with Crippen molar-refractivity contribution in [1.29, 1.82) is 0 Å². The highest BCUT2D eigenvalue weighted by molar-refractivity contribution is 6.37. The van der Waals surface area contributed by atoms with Gasteiger partial charge in [0, 0.05) is 17.7 Å². The number of carbonyl (C=O) groups excluding carboxylic acids is 2. The Morgan fingerprint density at radius 1 is 1.12 bits per heavy atom. The van der Waals surface area contributed by atoms with Crippen LogP contribution in [0.15, 0.2) is 58.6 Å². The monoisotopic (exact) mass is 471 g/mol. The highest BCUT2D eigenvalue weighted by Gasteiger charge is 2.33. The lowest BCUT2D eigenvalue weighted by molar-refractivity contribution is -0.384. The van der Waals surface area contributed by atoms with Crippen molar-refractivity contribution in [1.82, 2.24) is 10.2 Å². The zero-order valence-electron chi connectivity index (χ0n) is 16.6. The van der Waals surface area contributed by atoms with Crippen molar-refractivity contribution in [2.75, 3.05) is 0 Å². The van der Waals surface area contributed by atoms with Crippen molar-refractivity contribution in [3.8, 4) is 11.3 Å². The third-order valence-corrected chi connectivity index (χ3v) is 5.41. The number of nitro groups is 1. The minimum Gasteiger partial charge on any atom is -0.457 e. The quantitative estimate of drug-likeness (QED) is 0.226. The maximum absolute atomic E-state index is 12.7. The number of imide groups is 1. The molecule has 1 aromatic heterocycles. The molecule has 2 aromatic carbocycles. The molecule has 8 nitrogen and oxygen atoms in total. The van der Waals surface area contributed by atoms with E-state index < -0.39 is 16.9 Å². The average molecular weight is 472 g/mol. The van der Waals surface area contributed by atoms with E-state index in [-0.39, 0.29) is 45.1 Å². The van der Waals surface area contributed by atoms with Crippen LogP contribution in [0.25, 0.3) is 17.4 Å². The predicted octanol–water partition coefficient (Wildman–Crippen LogP) is 5.56. The summed E-state index contributed by atoms with van der Waals surface area (Å²) in [5.41, 5.74) is 1.86. The lowest BCUT2D eigenvalue weighted by atomic mass is 10.1. The summed E-state index contributed by atoms with van der Waals surface area (Å²) in [6, 6.07) is 12.6. The molecular weight excluding hydrogens is 457 g/mol. The number of halogens is 2. The number of nitro benzene ring substituents is 1. The van der Waals surface area contributed by atoms with E-state index >= 15 is 0 Å². The number of urea groups is 1. The zero-order chi connectivity index (χ0) is 23.0. The van der Waals surface area contributed by atoms with E-state index in [1.165, 1.54) is 18.2 Å². The number of aryl methyl sites for hydroxylation is 1. The molecule has 1 aliphatic rings. The van der Waals surface area contributed by atoms with Gasteiger partial charge in [-0.2, -0.15) is 0 Å². The van der Waals surface area contributed by atoms with Crippen LogP contribution in [0, 0.1) is 17.0 Å². The molecule has 32 heavy (non-hydrogen) atoms. The lowest BCUT2D eigenvalue weighted by Crippen LogP contribution is -2.30. The molecule has 1 saturated heterocycles. The SMILES string of the molecule is Cc1cccc(CN2C(=O)N/C(=C/c3ccc(-c4cc([N+](=O)[O-])c(Cl)cc4Cl)o3)C2=O)c1. The minimum absolute atomic E-state index is 0.0525. The predicted molar refractivity (Wildman–Crippen MR) is 119 cm³/mol. The van der Waals surface area contributed by atoms with Gasteiger partial charge in [-0.25, -0.2) is 4.79 Å². The Kier molecular flexibility index (Phi) is 5.73. The van der Waals surface area contributed by atoms with Crippen molar-refractivity contribution in [2.45, 2.75) is 13.5 Å². The van der Waals surface area contributed by atoms with Gasteiger partial charge >= 0.3 is 6.03 Å². The first-order chi connectivity index (χ1) is 15.2. The van der Waals surface area contributed by atoms with E-state index in [1.807, 2.05) is 31.2 Å². The fourth-order valence-corrected chi connectivity index (χ4v) is 3.84. The van der Waals surface area contributed by atoms with Crippen LogP contribution in [0.1, 0.15) is 16.9 Å². The topological polar surface area (TPSA) is 106 Å². The number of carbonyl (C=O) groups is 2. The third-order valence-electron chi connectivity index (χ3n) is 4.80. The van der Waals surface area contributed by atoms with Crippen molar-refractivity contribution in [2.24, 2.45) is 0 Å². The molecule has 3 aromatic rings. The van der Waals surface area contributed by atoms with Crippen LogP contribution in [0.5, 0.6) is 0 Å². The van der Waals surface area contributed by atoms with Gasteiger partial charge in [0.25, 0.3) is 11.6 Å². The molecule has 3 amide bonds. The minimum atomic E-state index is -0.621. The molecule has 0 spiro atoms.